The van der Waals surface area contributed by atoms with Crippen LogP contribution in [0.4, 0.5) is 0 Å². The first-order valence-electron chi connectivity index (χ1n) is 7.19. The summed E-state index contributed by atoms with van der Waals surface area (Å²) >= 11 is 1.45. The van der Waals surface area contributed by atoms with Crippen molar-refractivity contribution >= 4 is 17.2 Å². The molecule has 21 heavy (non-hydrogen) atoms. The smallest absolute Gasteiger partial charge is 0.261 e. The quantitative estimate of drug-likeness (QED) is 0.941. The third-order valence-corrected chi connectivity index (χ3v) is 4.94. The van der Waals surface area contributed by atoms with Crippen LogP contribution in [0.5, 0.6) is 0 Å². The van der Waals surface area contributed by atoms with Crippen molar-refractivity contribution in [3.8, 4) is 10.6 Å². The van der Waals surface area contributed by atoms with E-state index in [4.69, 9.17) is 9.15 Å². The van der Waals surface area contributed by atoms with Crippen LogP contribution in [0.15, 0.2) is 28.7 Å². The molecule has 3 heterocycles. The molecule has 0 radical (unpaired) electrons. The summed E-state index contributed by atoms with van der Waals surface area (Å²) in [6.07, 6.45) is 1.02. The number of ether oxygens (including phenoxy) is 1. The number of furan rings is 1. The fourth-order valence-electron chi connectivity index (χ4n) is 2.50. The van der Waals surface area contributed by atoms with Crippen LogP contribution in [0.25, 0.3) is 10.6 Å². The van der Waals surface area contributed by atoms with Crippen molar-refractivity contribution in [3.63, 3.8) is 0 Å². The number of amides is 1. The van der Waals surface area contributed by atoms with Crippen LogP contribution in [0.2, 0.25) is 0 Å². The van der Waals surface area contributed by atoms with Gasteiger partial charge in [-0.15, -0.1) is 11.3 Å². The van der Waals surface area contributed by atoms with E-state index < -0.39 is 0 Å². The van der Waals surface area contributed by atoms with Gasteiger partial charge in [0, 0.05) is 18.6 Å². The Kier molecular flexibility index (Phi) is 4.12. The molecule has 112 valence electrons. The van der Waals surface area contributed by atoms with Gasteiger partial charge in [-0.1, -0.05) is 0 Å². The summed E-state index contributed by atoms with van der Waals surface area (Å²) in [5, 5.41) is 3.07. The Balaban J connectivity index is 1.66. The van der Waals surface area contributed by atoms with E-state index in [1.54, 1.807) is 0 Å². The molecule has 1 aliphatic rings. The first kappa shape index (κ1) is 14.4. The fraction of sp³-hybridized carbons (Fsp3) is 0.438. The molecular weight excluding hydrogens is 286 g/mol. The van der Waals surface area contributed by atoms with Gasteiger partial charge < -0.3 is 14.5 Å². The Labute approximate surface area is 128 Å². The summed E-state index contributed by atoms with van der Waals surface area (Å²) in [6.45, 7) is 5.49. The zero-order valence-electron chi connectivity index (χ0n) is 12.2. The number of carbonyl (C=O) groups excluding carboxylic acids is 1. The molecule has 2 atom stereocenters. The van der Waals surface area contributed by atoms with Crippen molar-refractivity contribution in [3.05, 3.63) is 34.9 Å². The molecule has 2 aromatic heterocycles. The molecule has 0 saturated carbocycles. The van der Waals surface area contributed by atoms with E-state index in [9.17, 15) is 4.79 Å². The Morgan fingerprint density at radius 1 is 1.38 bits per heavy atom. The molecule has 0 bridgehead atoms. The van der Waals surface area contributed by atoms with E-state index in [-0.39, 0.29) is 11.9 Å². The largest absolute Gasteiger partial charge is 0.461 e. The Morgan fingerprint density at radius 2 is 2.24 bits per heavy atom. The number of hydrogen-bond donors (Lipinski definition) is 1. The summed E-state index contributed by atoms with van der Waals surface area (Å²) < 4.78 is 11.0. The van der Waals surface area contributed by atoms with E-state index in [0.29, 0.717) is 10.8 Å². The molecule has 1 saturated heterocycles. The summed E-state index contributed by atoms with van der Waals surface area (Å²) in [7, 11) is 0. The predicted octanol–water partition coefficient (Wildman–Crippen LogP) is 3.47. The summed E-state index contributed by atoms with van der Waals surface area (Å²) in [5.41, 5.74) is 0. The van der Waals surface area contributed by atoms with Crippen molar-refractivity contribution < 1.29 is 13.9 Å². The lowest BCUT2D eigenvalue weighted by Crippen LogP contribution is -2.38. The summed E-state index contributed by atoms with van der Waals surface area (Å²) in [6, 6.07) is 7.78. The van der Waals surface area contributed by atoms with Gasteiger partial charge in [-0.2, -0.15) is 0 Å². The maximum atomic E-state index is 12.3. The fourth-order valence-corrected chi connectivity index (χ4v) is 3.37. The highest BCUT2D eigenvalue weighted by molar-refractivity contribution is 7.17. The first-order valence-corrected chi connectivity index (χ1v) is 8.00. The number of carbonyl (C=O) groups is 1. The lowest BCUT2D eigenvalue weighted by atomic mass is 10.0. The van der Waals surface area contributed by atoms with Crippen LogP contribution in [0.1, 0.15) is 28.8 Å². The maximum absolute atomic E-state index is 12.3. The van der Waals surface area contributed by atoms with Gasteiger partial charge >= 0.3 is 0 Å². The normalized spacial score (nSPS) is 19.6. The molecule has 1 fully saturated rings. The molecule has 0 spiro atoms. The van der Waals surface area contributed by atoms with E-state index in [0.717, 1.165) is 36.0 Å². The van der Waals surface area contributed by atoms with E-state index >= 15 is 0 Å². The first-order chi connectivity index (χ1) is 10.1. The van der Waals surface area contributed by atoms with Crippen LogP contribution in [-0.2, 0) is 4.74 Å². The Hall–Kier alpha value is -1.59. The number of hydrogen-bond acceptors (Lipinski definition) is 4. The molecule has 4 nitrogen and oxygen atoms in total. The number of rotatable bonds is 4. The lowest BCUT2D eigenvalue weighted by Gasteiger charge is -2.18. The SMILES string of the molecule is Cc1ccc(-c2ccc(C(=O)N[C@@H](C)[C@@H]3CCOC3)s2)o1. The second-order valence-corrected chi connectivity index (χ2v) is 6.54. The van der Waals surface area contributed by atoms with E-state index in [1.165, 1.54) is 11.3 Å². The van der Waals surface area contributed by atoms with Crippen LogP contribution in [-0.4, -0.2) is 25.2 Å². The Bertz CT molecular complexity index is 625. The average molecular weight is 305 g/mol. The molecule has 1 aliphatic heterocycles. The van der Waals surface area contributed by atoms with Gasteiger partial charge in [-0.05, 0) is 44.5 Å². The third kappa shape index (κ3) is 3.19. The van der Waals surface area contributed by atoms with Crippen LogP contribution in [0.3, 0.4) is 0 Å². The standard InChI is InChI=1S/C16H19NO3S/c1-10-3-4-13(20-10)14-5-6-15(21-14)16(18)17-11(2)12-7-8-19-9-12/h3-6,11-12H,7-9H2,1-2H3,(H,17,18)/t11-,12+/m0/s1. The topological polar surface area (TPSA) is 51.5 Å². The molecule has 1 amide bonds. The molecule has 1 N–H and O–H groups in total. The molecule has 0 aromatic carbocycles. The second kappa shape index (κ2) is 6.03. The highest BCUT2D eigenvalue weighted by Crippen LogP contribution is 2.29. The Morgan fingerprint density at radius 3 is 2.90 bits per heavy atom. The minimum absolute atomic E-state index is 0.0195. The van der Waals surface area contributed by atoms with Gasteiger partial charge in [-0.25, -0.2) is 0 Å². The molecular formula is C16H19NO3S. The van der Waals surface area contributed by atoms with Crippen molar-refractivity contribution in [1.29, 1.82) is 0 Å². The number of nitrogens with one attached hydrogen (secondary N) is 1. The highest BCUT2D eigenvalue weighted by atomic mass is 32.1. The lowest BCUT2D eigenvalue weighted by molar-refractivity contribution is 0.0926. The molecule has 0 aliphatic carbocycles. The third-order valence-electron chi connectivity index (χ3n) is 3.84. The van der Waals surface area contributed by atoms with Gasteiger partial charge in [0.05, 0.1) is 16.4 Å². The van der Waals surface area contributed by atoms with Gasteiger partial charge in [0.25, 0.3) is 5.91 Å². The zero-order valence-corrected chi connectivity index (χ0v) is 13.0. The maximum Gasteiger partial charge on any atom is 0.261 e. The van der Waals surface area contributed by atoms with E-state index in [2.05, 4.69) is 5.32 Å². The molecule has 2 aromatic rings. The van der Waals surface area contributed by atoms with Crippen LogP contribution < -0.4 is 5.32 Å². The van der Waals surface area contributed by atoms with Gasteiger partial charge in [0.15, 0.2) is 0 Å². The number of aryl methyl sites for hydroxylation is 1. The van der Waals surface area contributed by atoms with E-state index in [1.807, 2.05) is 38.1 Å². The summed E-state index contributed by atoms with van der Waals surface area (Å²) in [4.78, 5) is 14.0. The zero-order chi connectivity index (χ0) is 14.8. The minimum Gasteiger partial charge on any atom is -0.461 e. The van der Waals surface area contributed by atoms with Gasteiger partial charge in [0.2, 0.25) is 0 Å². The van der Waals surface area contributed by atoms with Gasteiger partial charge in [-0.3, -0.25) is 4.79 Å². The number of thiophene rings is 1. The second-order valence-electron chi connectivity index (χ2n) is 5.46. The van der Waals surface area contributed by atoms with Crippen molar-refractivity contribution in [2.24, 2.45) is 5.92 Å². The van der Waals surface area contributed by atoms with Crippen molar-refractivity contribution in [1.82, 2.24) is 5.32 Å². The van der Waals surface area contributed by atoms with Crippen molar-refractivity contribution in [2.45, 2.75) is 26.3 Å². The van der Waals surface area contributed by atoms with Crippen molar-refractivity contribution in [2.75, 3.05) is 13.2 Å². The van der Waals surface area contributed by atoms with Gasteiger partial charge in [0.1, 0.15) is 11.5 Å². The average Bonchev–Trinajstić information content (AvgIpc) is 3.19. The summed E-state index contributed by atoms with van der Waals surface area (Å²) in [5.74, 6) is 2.09. The highest BCUT2D eigenvalue weighted by Gasteiger charge is 2.24. The van der Waals surface area contributed by atoms with Crippen LogP contribution >= 0.6 is 11.3 Å². The molecule has 3 rings (SSSR count). The molecule has 0 unspecified atom stereocenters. The predicted molar refractivity (Wildman–Crippen MR) is 82.6 cm³/mol. The molecule has 5 heteroatoms. The minimum atomic E-state index is -0.0195. The van der Waals surface area contributed by atoms with Crippen LogP contribution in [0, 0.1) is 12.8 Å². The monoisotopic (exact) mass is 305 g/mol.